The van der Waals surface area contributed by atoms with Gasteiger partial charge in [0.25, 0.3) is 0 Å². The fourth-order valence-electron chi connectivity index (χ4n) is 2.52. The van der Waals surface area contributed by atoms with E-state index in [-0.39, 0.29) is 11.4 Å². The zero-order valence-electron chi connectivity index (χ0n) is 13.3. The van der Waals surface area contributed by atoms with E-state index in [1.165, 1.54) is 21.3 Å². The second-order valence-corrected chi connectivity index (χ2v) is 5.50. The van der Waals surface area contributed by atoms with E-state index in [2.05, 4.69) is 4.98 Å². The van der Waals surface area contributed by atoms with Crippen molar-refractivity contribution in [2.75, 3.05) is 0 Å². The van der Waals surface area contributed by atoms with E-state index < -0.39 is 17.6 Å². The van der Waals surface area contributed by atoms with E-state index in [9.17, 15) is 22.8 Å². The number of fused-ring (bicyclic) bond motifs is 1. The van der Waals surface area contributed by atoms with E-state index in [1.807, 2.05) is 0 Å². The van der Waals surface area contributed by atoms with Crippen LogP contribution in [0.2, 0.25) is 0 Å². The van der Waals surface area contributed by atoms with Crippen LogP contribution in [-0.4, -0.2) is 19.1 Å². The number of aromatic amines is 1. The molecule has 3 rings (SSSR count). The largest absolute Gasteiger partial charge is 0.431 e. The molecule has 2 heterocycles. The Morgan fingerprint density at radius 3 is 2.40 bits per heavy atom. The topological polar surface area (TPSA) is 72.7 Å². The molecular weight excluding hydrogens is 337 g/mol. The molecule has 0 saturated carbocycles. The van der Waals surface area contributed by atoms with Gasteiger partial charge in [0.1, 0.15) is 5.69 Å². The van der Waals surface area contributed by atoms with Crippen LogP contribution < -0.4 is 11.4 Å². The van der Waals surface area contributed by atoms with Gasteiger partial charge in [-0.25, -0.2) is 9.59 Å². The van der Waals surface area contributed by atoms with E-state index in [1.54, 1.807) is 37.3 Å². The highest BCUT2D eigenvalue weighted by molar-refractivity contribution is 5.81. The maximum absolute atomic E-state index is 12.7. The van der Waals surface area contributed by atoms with Crippen LogP contribution in [0.4, 0.5) is 13.2 Å². The Bertz CT molecular complexity index is 1100. The molecule has 0 saturated heterocycles. The lowest BCUT2D eigenvalue weighted by Gasteiger charge is -2.05. The third kappa shape index (κ3) is 3.12. The molecule has 1 N–H and O–H groups in total. The summed E-state index contributed by atoms with van der Waals surface area (Å²) in [6, 6.07) is 5.94. The third-order valence-electron chi connectivity index (χ3n) is 3.81. The number of benzene rings is 1. The number of hydrogen-bond donors (Lipinski definition) is 1. The van der Waals surface area contributed by atoms with Gasteiger partial charge in [-0.2, -0.15) is 18.2 Å². The molecule has 3 aromatic rings. The highest BCUT2D eigenvalue weighted by Gasteiger charge is 2.32. The van der Waals surface area contributed by atoms with Gasteiger partial charge in [-0.1, -0.05) is 12.1 Å². The summed E-state index contributed by atoms with van der Waals surface area (Å²) in [6.45, 7) is 0. The summed E-state index contributed by atoms with van der Waals surface area (Å²) in [5.41, 5.74) is -0.448. The number of alkyl halides is 3. The predicted octanol–water partition coefficient (Wildman–Crippen LogP) is 2.15. The SMILES string of the molecule is Cn1c(=O)n(C)c2cc(C=Cc3cc(C(F)(F)F)[nH]c(=O)n3)ccc21. The van der Waals surface area contributed by atoms with E-state index >= 15 is 0 Å². The van der Waals surface area contributed by atoms with Gasteiger partial charge in [-0.15, -0.1) is 0 Å². The van der Waals surface area contributed by atoms with Crippen LogP contribution in [0.1, 0.15) is 17.0 Å². The molecule has 0 fully saturated rings. The number of aryl methyl sites for hydroxylation is 2. The van der Waals surface area contributed by atoms with Crippen molar-refractivity contribution in [3.05, 3.63) is 62.2 Å². The molecule has 6 nitrogen and oxygen atoms in total. The lowest BCUT2D eigenvalue weighted by atomic mass is 10.1. The minimum absolute atomic E-state index is 0.113. The predicted molar refractivity (Wildman–Crippen MR) is 86.9 cm³/mol. The van der Waals surface area contributed by atoms with Crippen molar-refractivity contribution in [3.8, 4) is 0 Å². The van der Waals surface area contributed by atoms with E-state index in [0.29, 0.717) is 11.1 Å². The Balaban J connectivity index is 2.01. The normalized spacial score (nSPS) is 12.4. The van der Waals surface area contributed by atoms with Gasteiger partial charge in [-0.3, -0.25) is 9.13 Å². The molecule has 0 radical (unpaired) electrons. The first-order valence-corrected chi connectivity index (χ1v) is 7.19. The summed E-state index contributed by atoms with van der Waals surface area (Å²) in [7, 11) is 3.28. The van der Waals surface area contributed by atoms with Crippen molar-refractivity contribution < 1.29 is 13.2 Å². The van der Waals surface area contributed by atoms with Crippen molar-refractivity contribution in [2.24, 2.45) is 14.1 Å². The van der Waals surface area contributed by atoms with Gasteiger partial charge in [0.05, 0.1) is 16.7 Å². The lowest BCUT2D eigenvalue weighted by molar-refractivity contribution is -0.141. The number of halogens is 3. The van der Waals surface area contributed by atoms with Crippen LogP contribution in [0.15, 0.2) is 33.9 Å². The molecule has 1 aromatic carbocycles. The first-order chi connectivity index (χ1) is 11.7. The average molecular weight is 350 g/mol. The Morgan fingerprint density at radius 2 is 1.72 bits per heavy atom. The summed E-state index contributed by atoms with van der Waals surface area (Å²) < 4.78 is 41.1. The number of nitrogens with one attached hydrogen (secondary N) is 1. The molecule has 0 aliphatic heterocycles. The summed E-state index contributed by atoms with van der Waals surface area (Å²) in [5.74, 6) is 0. The minimum atomic E-state index is -4.66. The Morgan fingerprint density at radius 1 is 1.04 bits per heavy atom. The van der Waals surface area contributed by atoms with Crippen LogP contribution in [0.25, 0.3) is 23.2 Å². The molecule has 25 heavy (non-hydrogen) atoms. The van der Waals surface area contributed by atoms with Crippen LogP contribution in [0, 0.1) is 0 Å². The number of H-pyrrole nitrogens is 1. The Labute approximate surface area is 138 Å². The average Bonchev–Trinajstić information content (AvgIpc) is 2.76. The quantitative estimate of drug-likeness (QED) is 0.770. The van der Waals surface area contributed by atoms with Crippen molar-refractivity contribution >= 4 is 23.2 Å². The van der Waals surface area contributed by atoms with Crippen LogP contribution in [-0.2, 0) is 20.3 Å². The number of hydrogen-bond acceptors (Lipinski definition) is 3. The number of aromatic nitrogens is 4. The summed E-state index contributed by atoms with van der Waals surface area (Å²) in [4.78, 5) is 28.4. The minimum Gasteiger partial charge on any atom is -0.302 e. The Hall–Kier alpha value is -3.10. The van der Waals surface area contributed by atoms with Gasteiger partial charge in [-0.05, 0) is 29.8 Å². The lowest BCUT2D eigenvalue weighted by Crippen LogP contribution is -2.19. The number of nitrogens with zero attached hydrogens (tertiary/aromatic N) is 3. The molecule has 0 unspecified atom stereocenters. The third-order valence-corrected chi connectivity index (χ3v) is 3.81. The van der Waals surface area contributed by atoms with Crippen molar-refractivity contribution in [1.29, 1.82) is 0 Å². The molecule has 0 amide bonds. The number of imidazole rings is 1. The van der Waals surface area contributed by atoms with Gasteiger partial charge in [0, 0.05) is 14.1 Å². The van der Waals surface area contributed by atoms with Crippen LogP contribution in [0.3, 0.4) is 0 Å². The fraction of sp³-hybridized carbons (Fsp3) is 0.188. The van der Waals surface area contributed by atoms with Gasteiger partial charge < -0.3 is 4.98 Å². The van der Waals surface area contributed by atoms with Gasteiger partial charge in [0.2, 0.25) is 0 Å². The smallest absolute Gasteiger partial charge is 0.302 e. The molecule has 9 heteroatoms. The first kappa shape index (κ1) is 16.7. The zero-order chi connectivity index (χ0) is 18.4. The molecule has 0 bridgehead atoms. The molecule has 0 atom stereocenters. The summed E-state index contributed by atoms with van der Waals surface area (Å²) in [5, 5.41) is 0. The second kappa shape index (κ2) is 5.76. The van der Waals surface area contributed by atoms with E-state index in [4.69, 9.17) is 0 Å². The van der Waals surface area contributed by atoms with Gasteiger partial charge >= 0.3 is 17.6 Å². The summed E-state index contributed by atoms with van der Waals surface area (Å²) >= 11 is 0. The number of rotatable bonds is 2. The second-order valence-electron chi connectivity index (χ2n) is 5.50. The molecule has 0 spiro atoms. The summed E-state index contributed by atoms with van der Waals surface area (Å²) in [6.07, 6.45) is -1.82. The highest BCUT2D eigenvalue weighted by atomic mass is 19.4. The first-order valence-electron chi connectivity index (χ1n) is 7.19. The van der Waals surface area contributed by atoms with Gasteiger partial charge in [0.15, 0.2) is 0 Å². The maximum atomic E-state index is 12.7. The molecule has 130 valence electrons. The maximum Gasteiger partial charge on any atom is 0.431 e. The highest BCUT2D eigenvalue weighted by Crippen LogP contribution is 2.27. The van der Waals surface area contributed by atoms with Crippen molar-refractivity contribution in [2.45, 2.75) is 6.18 Å². The van der Waals surface area contributed by atoms with Crippen LogP contribution >= 0.6 is 0 Å². The van der Waals surface area contributed by atoms with E-state index in [0.717, 1.165) is 11.6 Å². The monoisotopic (exact) mass is 350 g/mol. The van der Waals surface area contributed by atoms with Crippen LogP contribution in [0.5, 0.6) is 0 Å². The van der Waals surface area contributed by atoms with Crippen molar-refractivity contribution in [3.63, 3.8) is 0 Å². The Kier molecular flexibility index (Phi) is 3.86. The van der Waals surface area contributed by atoms with Crippen molar-refractivity contribution in [1.82, 2.24) is 19.1 Å². The fourth-order valence-corrected chi connectivity index (χ4v) is 2.52. The molecular formula is C16H13F3N4O2. The molecule has 0 aliphatic rings. The molecule has 2 aromatic heterocycles. The molecule has 0 aliphatic carbocycles. The standard InChI is InChI=1S/C16H13F3N4O2/c1-22-11-6-4-9(7-12(11)23(2)15(22)25)3-5-10-8-13(16(17,18)19)21-14(24)20-10/h3-8H,1-2H3,(H,20,21,24). The zero-order valence-corrected chi connectivity index (χ0v) is 13.3.